The highest BCUT2D eigenvalue weighted by molar-refractivity contribution is 5.89. The van der Waals surface area contributed by atoms with E-state index in [0.29, 0.717) is 0 Å². The van der Waals surface area contributed by atoms with Crippen molar-refractivity contribution in [3.8, 4) is 67.0 Å². The first-order valence-corrected chi connectivity index (χ1v) is 24.4. The smallest absolute Gasteiger partial charge is 0.0973 e. The summed E-state index contributed by atoms with van der Waals surface area (Å²) in [6.07, 6.45) is 0. The van der Waals surface area contributed by atoms with Gasteiger partial charge in [0.15, 0.2) is 0 Å². The summed E-state index contributed by atoms with van der Waals surface area (Å²) in [6.45, 7) is 0. The Morgan fingerprint density at radius 1 is 0.181 bits per heavy atom. The summed E-state index contributed by atoms with van der Waals surface area (Å²) in [5, 5.41) is 0. The molecule has 4 nitrogen and oxygen atoms in total. The zero-order valence-corrected chi connectivity index (χ0v) is 39.5. The molecule has 0 atom stereocenters. The Kier molecular flexibility index (Phi) is 12.0. The van der Waals surface area contributed by atoms with Gasteiger partial charge in [-0.1, -0.05) is 194 Å². The van der Waals surface area contributed by atoms with Crippen molar-refractivity contribution in [2.75, 3.05) is 9.80 Å². The Hall–Kier alpha value is -9.64. The van der Waals surface area contributed by atoms with Gasteiger partial charge < -0.3 is 9.80 Å². The molecular formula is C68H48N4. The van der Waals surface area contributed by atoms with Gasteiger partial charge in [0.25, 0.3) is 0 Å². The Morgan fingerprint density at radius 3 is 0.736 bits per heavy atom. The van der Waals surface area contributed by atoms with Crippen LogP contribution in [0.15, 0.2) is 291 Å². The Labute approximate surface area is 421 Å². The minimum atomic E-state index is 0.827. The molecule has 1 heterocycles. The lowest BCUT2D eigenvalue weighted by Crippen LogP contribution is -2.10. The molecule has 0 amide bonds. The molecule has 0 saturated carbocycles. The summed E-state index contributed by atoms with van der Waals surface area (Å²) < 4.78 is 0. The molecule has 0 radical (unpaired) electrons. The Balaban J connectivity index is 0.862. The van der Waals surface area contributed by atoms with E-state index >= 15 is 0 Å². The number of hydrogen-bond acceptors (Lipinski definition) is 4. The van der Waals surface area contributed by atoms with Gasteiger partial charge in [-0.2, -0.15) is 0 Å². The largest absolute Gasteiger partial charge is 0.311 e. The summed E-state index contributed by atoms with van der Waals surface area (Å²) in [4.78, 5) is 15.2. The maximum absolute atomic E-state index is 5.30. The average molecular weight is 921 g/mol. The van der Waals surface area contributed by atoms with Crippen LogP contribution >= 0.6 is 0 Å². The second-order valence-corrected chi connectivity index (χ2v) is 17.8. The SMILES string of the molecule is c1ccc(-c2cccc(-c3ccc(N(c4ccccc4)c4ccc(-c5nc6ccccc6nc5-c5ccc(N(c6ccccc6)c6ccc(-c7cccc(-c8ccccc8)c7)cc6)cc5)cc4)cc3)c2)cc1. The van der Waals surface area contributed by atoms with Gasteiger partial charge in [-0.15, -0.1) is 0 Å². The van der Waals surface area contributed by atoms with Crippen molar-refractivity contribution >= 4 is 45.2 Å². The molecule has 0 aliphatic carbocycles. The summed E-state index contributed by atoms with van der Waals surface area (Å²) >= 11 is 0. The molecule has 12 rings (SSSR count). The van der Waals surface area contributed by atoms with E-state index < -0.39 is 0 Å². The molecule has 0 fully saturated rings. The van der Waals surface area contributed by atoms with Crippen LogP contribution in [0, 0.1) is 0 Å². The number of nitrogens with zero attached hydrogens (tertiary/aromatic N) is 4. The molecule has 72 heavy (non-hydrogen) atoms. The van der Waals surface area contributed by atoms with Gasteiger partial charge in [0.05, 0.1) is 22.4 Å². The predicted molar refractivity (Wildman–Crippen MR) is 302 cm³/mol. The fourth-order valence-electron chi connectivity index (χ4n) is 9.61. The highest BCUT2D eigenvalue weighted by Crippen LogP contribution is 2.41. The third-order valence-electron chi connectivity index (χ3n) is 13.3. The van der Waals surface area contributed by atoms with Crippen molar-refractivity contribution in [3.05, 3.63) is 291 Å². The highest BCUT2D eigenvalue weighted by Gasteiger charge is 2.19. The van der Waals surface area contributed by atoms with E-state index in [1.165, 1.54) is 44.5 Å². The molecule has 0 aliphatic rings. The number of para-hydroxylation sites is 4. The summed E-state index contributed by atoms with van der Waals surface area (Å²) in [7, 11) is 0. The van der Waals surface area contributed by atoms with Gasteiger partial charge in [0, 0.05) is 45.3 Å². The topological polar surface area (TPSA) is 32.3 Å². The minimum absolute atomic E-state index is 0.827. The van der Waals surface area contributed by atoms with Crippen LogP contribution in [0.1, 0.15) is 0 Å². The number of anilines is 6. The van der Waals surface area contributed by atoms with Crippen LogP contribution in [-0.2, 0) is 0 Å². The lowest BCUT2D eigenvalue weighted by atomic mass is 9.98. The predicted octanol–water partition coefficient (Wildman–Crippen LogP) is 18.6. The molecule has 0 bridgehead atoms. The van der Waals surface area contributed by atoms with Crippen molar-refractivity contribution in [1.82, 2.24) is 9.97 Å². The maximum atomic E-state index is 5.30. The van der Waals surface area contributed by atoms with Crippen molar-refractivity contribution in [1.29, 1.82) is 0 Å². The fourth-order valence-corrected chi connectivity index (χ4v) is 9.61. The summed E-state index contributed by atoms with van der Waals surface area (Å²) in [6, 6.07) is 103. The second-order valence-electron chi connectivity index (χ2n) is 17.8. The lowest BCUT2D eigenvalue weighted by molar-refractivity contribution is 1.26. The number of aromatic nitrogens is 2. The standard InChI is InChI=1S/C68H48N4/c1-5-17-49(18-6-1)55-21-15-23-57(47-55)51-31-39-61(40-32-51)71(59-25-9-3-10-26-59)63-43-35-53(36-44-63)67-68(70-66-30-14-13-29-65(66)69-67)54-37-45-64(46-38-54)72(60-27-11-4-12-28-60)62-41-33-52(34-42-62)58-24-16-22-56(48-58)50-19-7-2-8-20-50/h1-48H. The zero-order valence-electron chi connectivity index (χ0n) is 39.5. The van der Waals surface area contributed by atoms with Crippen molar-refractivity contribution in [2.45, 2.75) is 0 Å². The van der Waals surface area contributed by atoms with E-state index in [9.17, 15) is 0 Å². The van der Waals surface area contributed by atoms with Crippen molar-refractivity contribution in [2.24, 2.45) is 0 Å². The van der Waals surface area contributed by atoms with Crippen LogP contribution in [0.5, 0.6) is 0 Å². The number of fused-ring (bicyclic) bond motifs is 1. The molecule has 0 spiro atoms. The Bertz CT molecular complexity index is 3500. The number of benzene rings is 11. The summed E-state index contributed by atoms with van der Waals surface area (Å²) in [5.74, 6) is 0. The molecule has 1 aromatic heterocycles. The quantitative estimate of drug-likeness (QED) is 0.122. The van der Waals surface area contributed by atoms with E-state index in [2.05, 4.69) is 277 Å². The molecular weight excluding hydrogens is 873 g/mol. The Morgan fingerprint density at radius 2 is 0.417 bits per heavy atom. The van der Waals surface area contributed by atoms with E-state index in [-0.39, 0.29) is 0 Å². The normalized spacial score (nSPS) is 11.1. The van der Waals surface area contributed by atoms with Crippen LogP contribution in [0.2, 0.25) is 0 Å². The molecule has 11 aromatic carbocycles. The van der Waals surface area contributed by atoms with Crippen molar-refractivity contribution < 1.29 is 0 Å². The molecule has 0 unspecified atom stereocenters. The van der Waals surface area contributed by atoms with Gasteiger partial charge in [0.2, 0.25) is 0 Å². The second kappa shape index (κ2) is 19.8. The van der Waals surface area contributed by atoms with Crippen LogP contribution in [0.3, 0.4) is 0 Å². The molecule has 12 aromatic rings. The lowest BCUT2D eigenvalue weighted by Gasteiger charge is -2.26. The molecule has 4 heteroatoms. The van der Waals surface area contributed by atoms with Gasteiger partial charge >= 0.3 is 0 Å². The van der Waals surface area contributed by atoms with E-state index in [0.717, 1.165) is 67.7 Å². The highest BCUT2D eigenvalue weighted by atomic mass is 15.1. The van der Waals surface area contributed by atoms with Crippen molar-refractivity contribution in [3.63, 3.8) is 0 Å². The first kappa shape index (κ1) is 43.6. The number of hydrogen-bond donors (Lipinski definition) is 0. The summed E-state index contributed by atoms with van der Waals surface area (Å²) in [5.41, 5.74) is 21.2. The van der Waals surface area contributed by atoms with Gasteiger partial charge in [-0.3, -0.25) is 0 Å². The molecule has 0 aliphatic heterocycles. The molecule has 0 saturated heterocycles. The number of rotatable bonds is 12. The van der Waals surface area contributed by atoms with Crippen LogP contribution < -0.4 is 9.80 Å². The fraction of sp³-hybridized carbons (Fsp3) is 0. The monoisotopic (exact) mass is 920 g/mol. The van der Waals surface area contributed by atoms with Gasteiger partial charge in [-0.05, 0) is 142 Å². The van der Waals surface area contributed by atoms with Gasteiger partial charge in [0.1, 0.15) is 0 Å². The van der Waals surface area contributed by atoms with E-state index in [1.807, 2.05) is 24.3 Å². The van der Waals surface area contributed by atoms with E-state index in [1.54, 1.807) is 0 Å². The first-order chi connectivity index (χ1) is 35.7. The third-order valence-corrected chi connectivity index (χ3v) is 13.3. The minimum Gasteiger partial charge on any atom is -0.311 e. The van der Waals surface area contributed by atoms with Gasteiger partial charge in [-0.25, -0.2) is 9.97 Å². The third kappa shape index (κ3) is 9.04. The zero-order chi connectivity index (χ0) is 48.1. The van der Waals surface area contributed by atoms with Crippen LogP contribution in [-0.4, -0.2) is 9.97 Å². The van der Waals surface area contributed by atoms with E-state index in [4.69, 9.17) is 9.97 Å². The molecule has 0 N–H and O–H groups in total. The maximum Gasteiger partial charge on any atom is 0.0973 e. The van der Waals surface area contributed by atoms with Crippen LogP contribution in [0.25, 0.3) is 78.1 Å². The van der Waals surface area contributed by atoms with Crippen LogP contribution in [0.4, 0.5) is 34.1 Å². The molecule has 340 valence electrons. The average Bonchev–Trinajstić information content (AvgIpc) is 3.47. The first-order valence-electron chi connectivity index (χ1n) is 24.4.